The Morgan fingerprint density at radius 3 is 1.97 bits per heavy atom. The van der Waals surface area contributed by atoms with Gasteiger partial charge >= 0.3 is 11.9 Å². The van der Waals surface area contributed by atoms with Crippen molar-refractivity contribution in [3.63, 3.8) is 0 Å². The second kappa shape index (κ2) is 20.3. The van der Waals surface area contributed by atoms with Gasteiger partial charge in [0.25, 0.3) is 0 Å². The third kappa shape index (κ3) is 9.44. The number of Topliss-reactive ketones (excluding diaryl/α,β-unsaturated/α-hetero) is 1. The van der Waals surface area contributed by atoms with Crippen LogP contribution >= 0.6 is 0 Å². The molecule has 17 heteroatoms. The summed E-state index contributed by atoms with van der Waals surface area (Å²) in [7, 11) is 4.63. The predicted octanol–water partition coefficient (Wildman–Crippen LogP) is 4.32. The first-order valence-corrected chi connectivity index (χ1v) is 24.3. The number of allylic oxidation sites excluding steroid dienone is 1. The number of ketones is 1. The van der Waals surface area contributed by atoms with Crippen LogP contribution in [0.15, 0.2) is 11.6 Å². The van der Waals surface area contributed by atoms with Crippen molar-refractivity contribution < 1.29 is 81.8 Å². The number of aliphatic hydroxyl groups is 3. The van der Waals surface area contributed by atoms with E-state index in [9.17, 15) is 29.7 Å². The largest absolute Gasteiger partial charge is 0.458 e. The molecule has 22 atom stereocenters. The Morgan fingerprint density at radius 1 is 0.773 bits per heavy atom. The molecule has 3 saturated carbocycles. The Balaban J connectivity index is 1.02. The highest BCUT2D eigenvalue weighted by atomic mass is 16.8. The molecule has 7 aliphatic rings. The van der Waals surface area contributed by atoms with Gasteiger partial charge in [-0.15, -0.1) is 0 Å². The summed E-state index contributed by atoms with van der Waals surface area (Å²) >= 11 is 0. The molecule has 3 heterocycles. The molecule has 0 unspecified atom stereocenters. The van der Waals surface area contributed by atoms with E-state index in [1.165, 1.54) is 21.0 Å². The fourth-order valence-corrected chi connectivity index (χ4v) is 13.4. The van der Waals surface area contributed by atoms with Gasteiger partial charge in [0.1, 0.15) is 48.5 Å². The molecule has 3 N–H and O–H groups in total. The highest BCUT2D eigenvalue weighted by Gasteiger charge is 2.75. The van der Waals surface area contributed by atoms with Crippen LogP contribution in [0.25, 0.3) is 0 Å². The summed E-state index contributed by atoms with van der Waals surface area (Å²) in [4.78, 5) is 39.8. The van der Waals surface area contributed by atoms with E-state index >= 15 is 0 Å². The average molecular weight is 939 g/mol. The fraction of sp³-hybridized carbons (Fsp3) is 0.898. The molecular weight excluding hydrogens is 861 g/mol. The lowest BCUT2D eigenvalue weighted by molar-refractivity contribution is -0.352. The van der Waals surface area contributed by atoms with E-state index in [0.717, 1.165) is 5.57 Å². The minimum Gasteiger partial charge on any atom is -0.458 e. The number of carbonyl (C=O) groups excluding carboxylic acids is 3. The summed E-state index contributed by atoms with van der Waals surface area (Å²) in [6, 6.07) is 0. The van der Waals surface area contributed by atoms with Gasteiger partial charge in [0, 0.05) is 64.8 Å². The molecule has 0 bridgehead atoms. The number of ether oxygens (including phenoxy) is 11. The van der Waals surface area contributed by atoms with Crippen LogP contribution < -0.4 is 0 Å². The Hall–Kier alpha value is -2.13. The molecule has 0 aromatic rings. The lowest BCUT2D eigenvalue weighted by Crippen LogP contribution is -2.72. The van der Waals surface area contributed by atoms with E-state index in [0.29, 0.717) is 51.4 Å². The van der Waals surface area contributed by atoms with Gasteiger partial charge in [0.05, 0.1) is 42.2 Å². The number of esters is 2. The molecule has 17 nitrogen and oxygen atoms in total. The van der Waals surface area contributed by atoms with E-state index < -0.39 is 126 Å². The zero-order valence-corrected chi connectivity index (χ0v) is 41.0. The van der Waals surface area contributed by atoms with Crippen molar-refractivity contribution in [3.8, 4) is 0 Å². The maximum atomic E-state index is 13.5. The number of aliphatic hydroxyl groups excluding tert-OH is 2. The predicted molar refractivity (Wildman–Crippen MR) is 234 cm³/mol. The van der Waals surface area contributed by atoms with E-state index in [1.807, 2.05) is 34.6 Å². The SMILES string of the molecule is CO[C@H]1[C@@H](O)[C@H](O[C@H]2[C@@H](OC)C[C@H](O[C@H]3[C@@H](OC)C[C@H](O[C@H]4CC[C@@]5(C)C(=CC[C@@H]6[C@@H]5[C@H](OC(C)=O)[C@@H](OC(=O)CC(C)C)[C@]5(C)[C@H](C(C)=O)CC[C@]65O)C4)O[C@@H]3C)O[C@@H]2C)O[C@H](C)[C@H]1O. The Kier molecular flexibility index (Phi) is 15.9. The van der Waals surface area contributed by atoms with Gasteiger partial charge in [-0.2, -0.15) is 0 Å². The van der Waals surface area contributed by atoms with Crippen LogP contribution in [0.3, 0.4) is 0 Å². The molecule has 0 aromatic carbocycles. The zero-order chi connectivity index (χ0) is 48.2. The van der Waals surface area contributed by atoms with E-state index in [4.69, 9.17) is 52.1 Å². The summed E-state index contributed by atoms with van der Waals surface area (Å²) < 4.78 is 68.2. The normalized spacial score (nSPS) is 48.1. The van der Waals surface area contributed by atoms with Crippen molar-refractivity contribution in [3.05, 3.63) is 11.6 Å². The molecule has 0 spiro atoms. The molecule has 6 fully saturated rings. The van der Waals surface area contributed by atoms with Gasteiger partial charge < -0.3 is 67.4 Å². The van der Waals surface area contributed by atoms with Crippen LogP contribution in [0.4, 0.5) is 0 Å². The lowest BCUT2D eigenvalue weighted by Gasteiger charge is -2.64. The van der Waals surface area contributed by atoms with Crippen molar-refractivity contribution in [1.82, 2.24) is 0 Å². The van der Waals surface area contributed by atoms with Gasteiger partial charge in [-0.25, -0.2) is 0 Å². The monoisotopic (exact) mass is 939 g/mol. The minimum absolute atomic E-state index is 0.0185. The topological polar surface area (TPSA) is 213 Å². The van der Waals surface area contributed by atoms with Crippen molar-refractivity contribution in [1.29, 1.82) is 0 Å². The number of rotatable bonds is 14. The molecule has 0 aromatic heterocycles. The summed E-state index contributed by atoms with van der Waals surface area (Å²) in [6.45, 7) is 16.2. The maximum absolute atomic E-state index is 13.5. The zero-order valence-electron chi connectivity index (χ0n) is 41.0. The molecule has 0 radical (unpaired) electrons. The van der Waals surface area contributed by atoms with Gasteiger partial charge in [-0.05, 0) is 83.5 Å². The van der Waals surface area contributed by atoms with Gasteiger partial charge in [0.2, 0.25) is 0 Å². The smallest absolute Gasteiger partial charge is 0.306 e. The lowest BCUT2D eigenvalue weighted by atomic mass is 9.44. The van der Waals surface area contributed by atoms with Crippen LogP contribution in [0.1, 0.15) is 120 Å². The average Bonchev–Trinajstić information content (AvgIpc) is 3.53. The van der Waals surface area contributed by atoms with Crippen LogP contribution in [-0.2, 0) is 66.5 Å². The number of fused-ring (bicyclic) bond motifs is 5. The number of hydrogen-bond donors (Lipinski definition) is 3. The molecule has 66 heavy (non-hydrogen) atoms. The summed E-state index contributed by atoms with van der Waals surface area (Å²) in [6.07, 6.45) is -4.93. The van der Waals surface area contributed by atoms with Crippen molar-refractivity contribution in [2.75, 3.05) is 21.3 Å². The highest BCUT2D eigenvalue weighted by molar-refractivity contribution is 5.80. The standard InChI is InChI=1S/C49H78O17/c1-23(2)19-35(52)64-45-43(62-28(7)51)38-32(49(55)18-16-31(24(3)50)48(45,49)9)14-13-29-20-30(15-17-47(29,38)8)63-36-21-33(56-10)41(26(5)59-36)65-37-22-34(57-11)42(27(6)60-37)66-46-40(54)44(58-12)39(53)25(4)61-46/h13,23,25-27,30-34,36-46,53-55H,14-22H2,1-12H3/t25-,26-,27-,30+,31+,32-,33+,34+,36+,37+,38-,39-,40-,41-,42-,43+,44-,45-,46+,47+,48+,49+/m1/s1. The quantitative estimate of drug-likeness (QED) is 0.163. The second-order valence-electron chi connectivity index (χ2n) is 21.2. The van der Waals surface area contributed by atoms with Crippen molar-refractivity contribution >= 4 is 17.7 Å². The Labute approximate surface area is 390 Å². The number of methoxy groups -OCH3 is 3. The number of hydrogen-bond acceptors (Lipinski definition) is 17. The Bertz CT molecular complexity index is 1760. The van der Waals surface area contributed by atoms with Gasteiger partial charge in [0.15, 0.2) is 18.9 Å². The molecule has 376 valence electrons. The summed E-state index contributed by atoms with van der Waals surface area (Å²) in [5, 5.41) is 34.4. The molecule has 3 saturated heterocycles. The summed E-state index contributed by atoms with van der Waals surface area (Å²) in [5.41, 5.74) is -1.91. The third-order valence-electron chi connectivity index (χ3n) is 16.8. The van der Waals surface area contributed by atoms with Gasteiger partial charge in [-0.3, -0.25) is 14.4 Å². The second-order valence-corrected chi connectivity index (χ2v) is 21.2. The summed E-state index contributed by atoms with van der Waals surface area (Å²) in [5.74, 6) is -2.31. The molecular formula is C49H78O17. The minimum atomic E-state index is -1.35. The maximum Gasteiger partial charge on any atom is 0.306 e. The first kappa shape index (κ1) is 51.7. The van der Waals surface area contributed by atoms with Crippen LogP contribution in [0.2, 0.25) is 0 Å². The van der Waals surface area contributed by atoms with Crippen LogP contribution in [-0.4, -0.2) is 158 Å². The van der Waals surface area contributed by atoms with E-state index in [-0.39, 0.29) is 36.1 Å². The third-order valence-corrected chi connectivity index (χ3v) is 16.8. The first-order chi connectivity index (χ1) is 31.1. The molecule has 0 amide bonds. The first-order valence-electron chi connectivity index (χ1n) is 24.3. The van der Waals surface area contributed by atoms with E-state index in [2.05, 4.69) is 13.0 Å². The van der Waals surface area contributed by atoms with Crippen molar-refractivity contribution in [2.45, 2.75) is 224 Å². The number of carbonyl (C=O) groups is 3. The van der Waals surface area contributed by atoms with Crippen LogP contribution in [0, 0.1) is 34.5 Å². The van der Waals surface area contributed by atoms with Crippen LogP contribution in [0.5, 0.6) is 0 Å². The fourth-order valence-electron chi connectivity index (χ4n) is 13.4. The van der Waals surface area contributed by atoms with E-state index in [1.54, 1.807) is 21.1 Å². The molecule has 3 aliphatic heterocycles. The molecule has 7 rings (SSSR count). The highest BCUT2D eigenvalue weighted by Crippen LogP contribution is 2.69. The van der Waals surface area contributed by atoms with Crippen molar-refractivity contribution in [2.24, 2.45) is 34.5 Å². The Morgan fingerprint density at radius 2 is 1.39 bits per heavy atom. The molecule has 4 aliphatic carbocycles. The van der Waals surface area contributed by atoms with Gasteiger partial charge in [-0.1, -0.05) is 39.3 Å².